The van der Waals surface area contributed by atoms with Crippen molar-refractivity contribution in [3.8, 4) is 0 Å². The molecule has 0 spiro atoms. The quantitative estimate of drug-likeness (QED) is 0.788. The van der Waals surface area contributed by atoms with Crippen LogP contribution in [0.2, 0.25) is 0 Å². The molecule has 0 bridgehead atoms. The molecule has 0 aromatic heterocycles. The van der Waals surface area contributed by atoms with Gasteiger partial charge < -0.3 is 5.73 Å². The van der Waals surface area contributed by atoms with E-state index in [0.29, 0.717) is 0 Å². The van der Waals surface area contributed by atoms with E-state index in [0.717, 1.165) is 12.1 Å². The summed E-state index contributed by atoms with van der Waals surface area (Å²) in [6.45, 7) is 0.726. The van der Waals surface area contributed by atoms with Gasteiger partial charge in [0, 0.05) is 0 Å². The normalized spacial score (nSPS) is 12.6. The molecule has 0 radical (unpaired) electrons. The first kappa shape index (κ1) is 11.7. The van der Waals surface area contributed by atoms with Crippen LogP contribution < -0.4 is 5.73 Å². The fourth-order valence-electron chi connectivity index (χ4n) is 1.15. The number of alkyl halides is 1. The van der Waals surface area contributed by atoms with Crippen molar-refractivity contribution in [1.82, 2.24) is 0 Å². The first-order chi connectivity index (χ1) is 6.97. The van der Waals surface area contributed by atoms with E-state index >= 15 is 0 Å². The summed E-state index contributed by atoms with van der Waals surface area (Å²) in [5.41, 5.74) is 4.44. The van der Waals surface area contributed by atoms with Crippen molar-refractivity contribution < 1.29 is 18.0 Å². The summed E-state index contributed by atoms with van der Waals surface area (Å²) >= 11 is 0. The van der Waals surface area contributed by atoms with Crippen molar-refractivity contribution in [3.05, 3.63) is 34.9 Å². The van der Waals surface area contributed by atoms with E-state index in [1.54, 1.807) is 0 Å². The molecule has 15 heavy (non-hydrogen) atoms. The first-order valence-corrected chi connectivity index (χ1v) is 4.33. The molecule has 1 aromatic carbocycles. The molecule has 0 amide bonds. The smallest absolute Gasteiger partial charge is 0.179 e. The van der Waals surface area contributed by atoms with Gasteiger partial charge in [-0.25, -0.2) is 13.2 Å². The molecular weight excluding hydrogens is 207 g/mol. The average Bonchev–Trinajstić information content (AvgIpc) is 2.20. The zero-order chi connectivity index (χ0) is 11.6. The average molecular weight is 217 g/mol. The molecule has 5 heteroatoms. The molecule has 1 aromatic rings. The third-order valence-electron chi connectivity index (χ3n) is 2.00. The SMILES string of the molecule is CC(F)c1cc(F)c(F)c(C(=O)CN)c1. The number of rotatable bonds is 3. The van der Waals surface area contributed by atoms with Gasteiger partial charge in [0.25, 0.3) is 0 Å². The minimum Gasteiger partial charge on any atom is -0.324 e. The van der Waals surface area contributed by atoms with E-state index in [4.69, 9.17) is 5.73 Å². The lowest BCUT2D eigenvalue weighted by Crippen LogP contribution is -2.16. The summed E-state index contributed by atoms with van der Waals surface area (Å²) in [4.78, 5) is 11.1. The zero-order valence-electron chi connectivity index (χ0n) is 8.06. The molecule has 1 unspecified atom stereocenters. The molecule has 0 fully saturated rings. The summed E-state index contributed by atoms with van der Waals surface area (Å²) in [5.74, 6) is -3.28. The second kappa shape index (κ2) is 4.44. The fourth-order valence-corrected chi connectivity index (χ4v) is 1.15. The second-order valence-corrected chi connectivity index (χ2v) is 3.11. The predicted octanol–water partition coefficient (Wildman–Crippen LogP) is 2.14. The number of carbonyl (C=O) groups excluding carboxylic acids is 1. The van der Waals surface area contributed by atoms with Crippen LogP contribution in [0.15, 0.2) is 12.1 Å². The Morgan fingerprint density at radius 3 is 2.53 bits per heavy atom. The Labute approximate surface area is 84.9 Å². The van der Waals surface area contributed by atoms with Gasteiger partial charge in [0.1, 0.15) is 6.17 Å². The van der Waals surface area contributed by atoms with Crippen LogP contribution in [0.5, 0.6) is 0 Å². The summed E-state index contributed by atoms with van der Waals surface area (Å²) < 4.78 is 38.9. The van der Waals surface area contributed by atoms with Crippen LogP contribution in [0.4, 0.5) is 13.2 Å². The lowest BCUT2D eigenvalue weighted by Gasteiger charge is -2.07. The van der Waals surface area contributed by atoms with Crippen molar-refractivity contribution >= 4 is 5.78 Å². The highest BCUT2D eigenvalue weighted by atomic mass is 19.2. The molecule has 2 nitrogen and oxygen atoms in total. The minimum absolute atomic E-state index is 0.0781. The second-order valence-electron chi connectivity index (χ2n) is 3.11. The van der Waals surface area contributed by atoms with Gasteiger partial charge in [-0.05, 0) is 24.6 Å². The molecule has 2 N–H and O–H groups in total. The number of carbonyl (C=O) groups is 1. The third kappa shape index (κ3) is 2.36. The minimum atomic E-state index is -1.47. The van der Waals surface area contributed by atoms with Crippen LogP contribution in [-0.2, 0) is 0 Å². The van der Waals surface area contributed by atoms with Crippen LogP contribution in [0, 0.1) is 11.6 Å². The highest BCUT2D eigenvalue weighted by Gasteiger charge is 2.17. The van der Waals surface area contributed by atoms with Crippen LogP contribution in [0.3, 0.4) is 0 Å². The van der Waals surface area contributed by atoms with Crippen LogP contribution in [-0.4, -0.2) is 12.3 Å². The highest BCUT2D eigenvalue weighted by molar-refractivity contribution is 5.97. The maximum atomic E-state index is 13.1. The van der Waals surface area contributed by atoms with E-state index < -0.39 is 35.7 Å². The van der Waals surface area contributed by atoms with Crippen molar-refractivity contribution in [2.75, 3.05) is 6.54 Å². The van der Waals surface area contributed by atoms with Gasteiger partial charge in [-0.15, -0.1) is 0 Å². The van der Waals surface area contributed by atoms with Crippen LogP contribution in [0.1, 0.15) is 29.0 Å². The van der Waals surface area contributed by atoms with E-state index in [9.17, 15) is 18.0 Å². The van der Waals surface area contributed by atoms with E-state index in [1.165, 1.54) is 6.92 Å². The lowest BCUT2D eigenvalue weighted by atomic mass is 10.0. The Morgan fingerprint density at radius 2 is 2.07 bits per heavy atom. The highest BCUT2D eigenvalue weighted by Crippen LogP contribution is 2.22. The number of Topliss-reactive ketones (excluding diaryl/α,β-unsaturated/α-hetero) is 1. The Hall–Kier alpha value is -1.36. The van der Waals surface area contributed by atoms with Crippen molar-refractivity contribution in [1.29, 1.82) is 0 Å². The molecular formula is C10H10F3NO. The Morgan fingerprint density at radius 1 is 1.47 bits per heavy atom. The van der Waals surface area contributed by atoms with Gasteiger partial charge in [-0.2, -0.15) is 0 Å². The monoisotopic (exact) mass is 217 g/mol. The maximum Gasteiger partial charge on any atom is 0.179 e. The largest absolute Gasteiger partial charge is 0.324 e. The van der Waals surface area contributed by atoms with Gasteiger partial charge in [-0.1, -0.05) is 0 Å². The van der Waals surface area contributed by atoms with Crippen molar-refractivity contribution in [2.45, 2.75) is 13.1 Å². The fraction of sp³-hybridized carbons (Fsp3) is 0.300. The Kier molecular flexibility index (Phi) is 3.47. The number of benzene rings is 1. The molecule has 1 rings (SSSR count). The van der Waals surface area contributed by atoms with Gasteiger partial charge in [0.05, 0.1) is 12.1 Å². The maximum absolute atomic E-state index is 13.1. The first-order valence-electron chi connectivity index (χ1n) is 4.33. The number of hydrogen-bond donors (Lipinski definition) is 1. The van der Waals surface area contributed by atoms with E-state index in [2.05, 4.69) is 0 Å². The van der Waals surface area contributed by atoms with Gasteiger partial charge in [-0.3, -0.25) is 4.79 Å². The summed E-state index contributed by atoms with van der Waals surface area (Å²) in [7, 11) is 0. The molecule has 82 valence electrons. The summed E-state index contributed by atoms with van der Waals surface area (Å²) in [6, 6.07) is 1.71. The van der Waals surface area contributed by atoms with Crippen molar-refractivity contribution in [2.24, 2.45) is 5.73 Å². The molecule has 0 aliphatic rings. The molecule has 0 heterocycles. The van der Waals surface area contributed by atoms with Gasteiger partial charge in [0.15, 0.2) is 17.4 Å². The Bertz CT molecular complexity index is 390. The number of hydrogen-bond acceptors (Lipinski definition) is 2. The molecule has 0 aliphatic carbocycles. The van der Waals surface area contributed by atoms with Gasteiger partial charge in [0.2, 0.25) is 0 Å². The molecule has 0 aliphatic heterocycles. The van der Waals surface area contributed by atoms with E-state index in [1.807, 2.05) is 0 Å². The standard InChI is InChI=1S/C10H10F3NO/c1-5(11)6-2-7(9(15)4-14)10(13)8(12)3-6/h2-3,5H,4,14H2,1H3. The number of halogens is 3. The molecule has 0 saturated heterocycles. The molecule has 1 atom stereocenters. The predicted molar refractivity (Wildman–Crippen MR) is 49.3 cm³/mol. The van der Waals surface area contributed by atoms with Crippen LogP contribution in [0.25, 0.3) is 0 Å². The zero-order valence-corrected chi connectivity index (χ0v) is 8.06. The number of nitrogens with two attached hydrogens (primary N) is 1. The summed E-state index contributed by atoms with van der Waals surface area (Å²) in [6.07, 6.45) is -1.47. The topological polar surface area (TPSA) is 43.1 Å². The van der Waals surface area contributed by atoms with Gasteiger partial charge >= 0.3 is 0 Å². The number of ketones is 1. The molecule has 0 saturated carbocycles. The Balaban J connectivity index is 3.31. The lowest BCUT2D eigenvalue weighted by molar-refractivity contribution is 0.0996. The van der Waals surface area contributed by atoms with Crippen LogP contribution >= 0.6 is 0 Å². The summed E-state index contributed by atoms with van der Waals surface area (Å²) in [5, 5.41) is 0. The van der Waals surface area contributed by atoms with E-state index in [-0.39, 0.29) is 5.56 Å². The third-order valence-corrected chi connectivity index (χ3v) is 2.00. The van der Waals surface area contributed by atoms with Crippen molar-refractivity contribution in [3.63, 3.8) is 0 Å².